The number of aromatic nitrogens is 3. The third-order valence-electron chi connectivity index (χ3n) is 4.63. The molecule has 0 bridgehead atoms. The lowest BCUT2D eigenvalue weighted by atomic mass is 10.1. The van der Waals surface area contributed by atoms with E-state index in [-0.39, 0.29) is 18.0 Å². The molecule has 0 saturated heterocycles. The second kappa shape index (κ2) is 7.00. The Morgan fingerprint density at radius 3 is 2.59 bits per heavy atom. The molecule has 0 aliphatic heterocycles. The average molecular weight is 380 g/mol. The SMILES string of the molecule is CCc1ccc(NC(=O)Cn2nc(CC)n3c(cc4sccc43)c2=O)cc1. The summed E-state index contributed by atoms with van der Waals surface area (Å²) in [6.45, 7) is 3.96. The fraction of sp³-hybridized carbons (Fsp3) is 0.250. The molecular weight excluding hydrogens is 360 g/mol. The van der Waals surface area contributed by atoms with E-state index in [2.05, 4.69) is 17.3 Å². The highest BCUT2D eigenvalue weighted by atomic mass is 32.1. The predicted octanol–water partition coefficient (Wildman–Crippen LogP) is 3.47. The van der Waals surface area contributed by atoms with E-state index >= 15 is 0 Å². The van der Waals surface area contributed by atoms with Gasteiger partial charge in [-0.3, -0.25) is 14.0 Å². The number of rotatable bonds is 5. The quantitative estimate of drug-likeness (QED) is 0.576. The minimum atomic E-state index is -0.270. The van der Waals surface area contributed by atoms with Gasteiger partial charge in [0.2, 0.25) is 5.91 Å². The van der Waals surface area contributed by atoms with Crippen LogP contribution in [-0.4, -0.2) is 20.1 Å². The van der Waals surface area contributed by atoms with Crippen LogP contribution in [0.15, 0.2) is 46.6 Å². The summed E-state index contributed by atoms with van der Waals surface area (Å²) < 4.78 is 4.20. The average Bonchev–Trinajstić information content (AvgIpc) is 3.26. The summed E-state index contributed by atoms with van der Waals surface area (Å²) in [6, 6.07) is 11.6. The van der Waals surface area contributed by atoms with Crippen LogP contribution in [0.25, 0.3) is 15.7 Å². The van der Waals surface area contributed by atoms with E-state index in [1.807, 2.05) is 53.1 Å². The number of hydrogen-bond donors (Lipinski definition) is 1. The van der Waals surface area contributed by atoms with Crippen LogP contribution in [0.5, 0.6) is 0 Å². The van der Waals surface area contributed by atoms with Crippen molar-refractivity contribution >= 4 is 38.7 Å². The molecule has 0 spiro atoms. The molecule has 0 radical (unpaired) electrons. The fourth-order valence-electron chi connectivity index (χ4n) is 3.22. The molecule has 138 valence electrons. The van der Waals surface area contributed by atoms with E-state index in [4.69, 9.17) is 0 Å². The first-order valence-electron chi connectivity index (χ1n) is 8.98. The number of nitrogens with one attached hydrogen (secondary N) is 1. The van der Waals surface area contributed by atoms with E-state index in [1.165, 1.54) is 10.2 Å². The van der Waals surface area contributed by atoms with Gasteiger partial charge in [0.1, 0.15) is 17.9 Å². The molecule has 4 rings (SSSR count). The van der Waals surface area contributed by atoms with E-state index < -0.39 is 0 Å². The number of benzene rings is 1. The Morgan fingerprint density at radius 2 is 1.89 bits per heavy atom. The maximum atomic E-state index is 12.8. The van der Waals surface area contributed by atoms with Crippen LogP contribution in [0.3, 0.4) is 0 Å². The number of hydrogen-bond acceptors (Lipinski definition) is 4. The monoisotopic (exact) mass is 380 g/mol. The second-order valence-electron chi connectivity index (χ2n) is 6.37. The maximum absolute atomic E-state index is 12.8. The first kappa shape index (κ1) is 17.5. The van der Waals surface area contributed by atoms with Crippen molar-refractivity contribution in [3.05, 3.63) is 63.5 Å². The van der Waals surface area contributed by atoms with Crippen molar-refractivity contribution in [2.75, 3.05) is 5.32 Å². The van der Waals surface area contributed by atoms with Gasteiger partial charge >= 0.3 is 0 Å². The van der Waals surface area contributed by atoms with Gasteiger partial charge in [-0.1, -0.05) is 26.0 Å². The van der Waals surface area contributed by atoms with Gasteiger partial charge < -0.3 is 5.32 Å². The summed E-state index contributed by atoms with van der Waals surface area (Å²) in [5, 5.41) is 9.27. The Kier molecular flexibility index (Phi) is 4.53. The summed E-state index contributed by atoms with van der Waals surface area (Å²) in [4.78, 5) is 25.3. The third-order valence-corrected chi connectivity index (χ3v) is 5.48. The van der Waals surface area contributed by atoms with Gasteiger partial charge in [0.25, 0.3) is 5.56 Å². The molecule has 4 aromatic rings. The number of thiophene rings is 1. The van der Waals surface area contributed by atoms with Gasteiger partial charge in [0, 0.05) is 12.1 Å². The summed E-state index contributed by atoms with van der Waals surface area (Å²) in [5.41, 5.74) is 3.21. The zero-order chi connectivity index (χ0) is 19.0. The molecule has 7 heteroatoms. The molecule has 0 atom stereocenters. The summed E-state index contributed by atoms with van der Waals surface area (Å²) >= 11 is 1.59. The number of amides is 1. The number of aryl methyl sites for hydroxylation is 2. The molecule has 3 aromatic heterocycles. The van der Waals surface area contributed by atoms with Crippen molar-refractivity contribution < 1.29 is 4.79 Å². The van der Waals surface area contributed by atoms with Crippen LogP contribution in [0, 0.1) is 0 Å². The smallest absolute Gasteiger partial charge is 0.291 e. The molecule has 6 nitrogen and oxygen atoms in total. The lowest BCUT2D eigenvalue weighted by Gasteiger charge is -2.10. The summed E-state index contributed by atoms with van der Waals surface area (Å²) in [5.74, 6) is 0.492. The van der Waals surface area contributed by atoms with Crippen molar-refractivity contribution in [2.24, 2.45) is 0 Å². The van der Waals surface area contributed by atoms with Crippen molar-refractivity contribution in [1.29, 1.82) is 0 Å². The number of carbonyl (C=O) groups excluding carboxylic acids is 1. The minimum Gasteiger partial charge on any atom is -0.324 e. The van der Waals surface area contributed by atoms with Gasteiger partial charge in [-0.05, 0) is 41.6 Å². The van der Waals surface area contributed by atoms with Gasteiger partial charge in [-0.25, -0.2) is 4.68 Å². The Balaban J connectivity index is 1.65. The zero-order valence-corrected chi connectivity index (χ0v) is 16.0. The van der Waals surface area contributed by atoms with Gasteiger partial charge in [0.05, 0.1) is 10.2 Å². The minimum absolute atomic E-state index is 0.114. The molecular formula is C20H20N4O2S. The molecule has 0 aliphatic rings. The van der Waals surface area contributed by atoms with E-state index in [9.17, 15) is 9.59 Å². The predicted molar refractivity (Wildman–Crippen MR) is 109 cm³/mol. The Labute approximate surface area is 160 Å². The maximum Gasteiger partial charge on any atom is 0.291 e. The third kappa shape index (κ3) is 3.14. The van der Waals surface area contributed by atoms with Crippen molar-refractivity contribution in [3.8, 4) is 0 Å². The molecule has 0 saturated carbocycles. The molecule has 27 heavy (non-hydrogen) atoms. The van der Waals surface area contributed by atoms with Crippen molar-refractivity contribution in [3.63, 3.8) is 0 Å². The van der Waals surface area contributed by atoms with Gasteiger partial charge in [0.15, 0.2) is 0 Å². The number of fused-ring (bicyclic) bond motifs is 3. The van der Waals surface area contributed by atoms with Crippen molar-refractivity contribution in [1.82, 2.24) is 14.2 Å². The van der Waals surface area contributed by atoms with Crippen LogP contribution in [0.4, 0.5) is 5.69 Å². The highest BCUT2D eigenvalue weighted by molar-refractivity contribution is 7.17. The van der Waals surface area contributed by atoms with Crippen LogP contribution in [0.2, 0.25) is 0 Å². The Bertz CT molecular complexity index is 1180. The van der Waals surface area contributed by atoms with Crippen LogP contribution >= 0.6 is 11.3 Å². The standard InChI is InChI=1S/C20H20N4O2S/c1-3-13-5-7-14(8-6-13)21-19(25)12-23-20(26)16-11-17-15(9-10-27-17)24(16)18(4-2)22-23/h5-11H,3-4,12H2,1-2H3,(H,21,25). The number of anilines is 1. The molecule has 1 N–H and O–H groups in total. The second-order valence-corrected chi connectivity index (χ2v) is 7.31. The van der Waals surface area contributed by atoms with E-state index in [1.54, 1.807) is 11.3 Å². The highest BCUT2D eigenvalue weighted by Crippen LogP contribution is 2.24. The Hall–Kier alpha value is -2.93. The zero-order valence-electron chi connectivity index (χ0n) is 15.2. The molecule has 1 aromatic carbocycles. The lowest BCUT2D eigenvalue weighted by Crippen LogP contribution is -2.32. The molecule has 1 amide bonds. The van der Waals surface area contributed by atoms with Crippen LogP contribution in [-0.2, 0) is 24.2 Å². The first-order valence-corrected chi connectivity index (χ1v) is 9.86. The van der Waals surface area contributed by atoms with Crippen LogP contribution < -0.4 is 10.9 Å². The molecule has 0 unspecified atom stereocenters. The topological polar surface area (TPSA) is 68.4 Å². The summed E-state index contributed by atoms with van der Waals surface area (Å²) in [7, 11) is 0. The largest absolute Gasteiger partial charge is 0.324 e. The Morgan fingerprint density at radius 1 is 1.11 bits per heavy atom. The highest BCUT2D eigenvalue weighted by Gasteiger charge is 2.16. The normalized spacial score (nSPS) is 11.3. The van der Waals surface area contributed by atoms with Crippen molar-refractivity contribution in [2.45, 2.75) is 33.2 Å². The van der Waals surface area contributed by atoms with Crippen LogP contribution in [0.1, 0.15) is 25.2 Å². The summed E-state index contributed by atoms with van der Waals surface area (Å²) in [6.07, 6.45) is 1.61. The number of carbonyl (C=O) groups is 1. The first-order chi connectivity index (χ1) is 13.1. The van der Waals surface area contributed by atoms with Gasteiger partial charge in [-0.2, -0.15) is 5.10 Å². The van der Waals surface area contributed by atoms with Gasteiger partial charge in [-0.15, -0.1) is 11.3 Å². The fourth-order valence-corrected chi connectivity index (χ4v) is 4.02. The van der Waals surface area contributed by atoms with E-state index in [0.717, 1.165) is 22.5 Å². The molecule has 0 fully saturated rings. The van der Waals surface area contributed by atoms with E-state index in [0.29, 0.717) is 17.6 Å². The molecule has 3 heterocycles. The number of nitrogens with zero attached hydrogens (tertiary/aromatic N) is 3. The molecule has 0 aliphatic carbocycles. The lowest BCUT2D eigenvalue weighted by molar-refractivity contribution is -0.117.